The first-order valence-corrected chi connectivity index (χ1v) is 6.83. The van der Waals surface area contributed by atoms with Gasteiger partial charge in [0, 0.05) is 20.3 Å². The first-order chi connectivity index (χ1) is 10.2. The van der Waals surface area contributed by atoms with Crippen molar-refractivity contribution in [3.8, 4) is 11.8 Å². The number of methoxy groups -OCH3 is 1. The quantitative estimate of drug-likeness (QED) is 0.452. The van der Waals surface area contributed by atoms with E-state index in [0.29, 0.717) is 26.2 Å². The number of ether oxygens (including phenoxy) is 2. The van der Waals surface area contributed by atoms with Crippen molar-refractivity contribution >= 4 is 12.0 Å². The van der Waals surface area contributed by atoms with E-state index in [4.69, 9.17) is 14.7 Å². The van der Waals surface area contributed by atoms with Crippen LogP contribution in [-0.4, -0.2) is 32.8 Å². The van der Waals surface area contributed by atoms with Crippen LogP contribution in [0.4, 0.5) is 0 Å². The van der Waals surface area contributed by atoms with Gasteiger partial charge in [-0.1, -0.05) is 12.1 Å². The van der Waals surface area contributed by atoms with E-state index in [1.165, 1.54) is 0 Å². The van der Waals surface area contributed by atoms with Crippen molar-refractivity contribution in [2.45, 2.75) is 13.3 Å². The van der Waals surface area contributed by atoms with E-state index >= 15 is 0 Å². The third-order valence-electron chi connectivity index (χ3n) is 2.68. The highest BCUT2D eigenvalue weighted by atomic mass is 16.5. The van der Waals surface area contributed by atoms with Gasteiger partial charge in [0.05, 0.1) is 6.61 Å². The first kappa shape index (κ1) is 16.7. The Morgan fingerprint density at radius 1 is 1.38 bits per heavy atom. The number of nitrogens with one attached hydrogen (secondary N) is 1. The molecular formula is C16H20N2O3. The maximum Gasteiger partial charge on any atom is 0.261 e. The van der Waals surface area contributed by atoms with Crippen molar-refractivity contribution in [2.24, 2.45) is 0 Å². The van der Waals surface area contributed by atoms with E-state index in [2.05, 4.69) is 5.32 Å². The Morgan fingerprint density at radius 2 is 2.10 bits per heavy atom. The summed E-state index contributed by atoms with van der Waals surface area (Å²) in [6.07, 6.45) is 2.27. The van der Waals surface area contributed by atoms with Crippen molar-refractivity contribution in [1.29, 1.82) is 5.26 Å². The van der Waals surface area contributed by atoms with Gasteiger partial charge in [0.2, 0.25) is 0 Å². The minimum Gasteiger partial charge on any atom is -0.494 e. The minimum atomic E-state index is -0.373. The zero-order valence-corrected chi connectivity index (χ0v) is 12.4. The fourth-order valence-electron chi connectivity index (χ4n) is 1.66. The van der Waals surface area contributed by atoms with Crippen LogP contribution in [0.1, 0.15) is 18.9 Å². The fourth-order valence-corrected chi connectivity index (χ4v) is 1.66. The van der Waals surface area contributed by atoms with Gasteiger partial charge in [0.25, 0.3) is 5.91 Å². The summed E-state index contributed by atoms with van der Waals surface area (Å²) in [4.78, 5) is 11.8. The molecule has 0 aliphatic rings. The molecule has 0 atom stereocenters. The second kappa shape index (κ2) is 9.56. The number of rotatable bonds is 8. The number of amides is 1. The third-order valence-corrected chi connectivity index (χ3v) is 2.68. The van der Waals surface area contributed by atoms with Crippen molar-refractivity contribution in [1.82, 2.24) is 5.32 Å². The Kier molecular flexibility index (Phi) is 7.62. The van der Waals surface area contributed by atoms with Gasteiger partial charge in [-0.25, -0.2) is 0 Å². The second-order valence-corrected chi connectivity index (χ2v) is 4.27. The Balaban J connectivity index is 2.65. The van der Waals surface area contributed by atoms with Crippen molar-refractivity contribution < 1.29 is 14.3 Å². The van der Waals surface area contributed by atoms with Crippen LogP contribution < -0.4 is 10.1 Å². The molecule has 0 saturated carbocycles. The molecule has 1 aromatic rings. The first-order valence-electron chi connectivity index (χ1n) is 6.83. The van der Waals surface area contributed by atoms with E-state index < -0.39 is 0 Å². The number of carbonyl (C=O) groups excluding carboxylic acids is 1. The van der Waals surface area contributed by atoms with E-state index in [1.54, 1.807) is 37.5 Å². The normalized spacial score (nSPS) is 10.8. The maximum absolute atomic E-state index is 11.8. The van der Waals surface area contributed by atoms with Crippen LogP contribution in [0.5, 0.6) is 5.75 Å². The predicted molar refractivity (Wildman–Crippen MR) is 80.7 cm³/mol. The Labute approximate surface area is 125 Å². The molecule has 0 bridgehead atoms. The molecule has 0 aromatic heterocycles. The van der Waals surface area contributed by atoms with Crippen LogP contribution in [0.3, 0.4) is 0 Å². The number of nitriles is 1. The summed E-state index contributed by atoms with van der Waals surface area (Å²) >= 11 is 0. The molecule has 0 spiro atoms. The molecule has 1 N–H and O–H groups in total. The molecule has 5 nitrogen and oxygen atoms in total. The topological polar surface area (TPSA) is 71.3 Å². The highest BCUT2D eigenvalue weighted by Crippen LogP contribution is 2.14. The fraction of sp³-hybridized carbons (Fsp3) is 0.375. The summed E-state index contributed by atoms with van der Waals surface area (Å²) in [5, 5.41) is 11.8. The number of carbonyl (C=O) groups is 1. The van der Waals surface area contributed by atoms with Gasteiger partial charge in [-0.2, -0.15) is 5.26 Å². The summed E-state index contributed by atoms with van der Waals surface area (Å²) in [5.41, 5.74) is 0.860. The molecule has 0 radical (unpaired) electrons. The second-order valence-electron chi connectivity index (χ2n) is 4.27. The van der Waals surface area contributed by atoms with Gasteiger partial charge in [-0.15, -0.1) is 0 Å². The van der Waals surface area contributed by atoms with Crippen molar-refractivity contribution in [3.05, 3.63) is 35.4 Å². The molecule has 112 valence electrons. The average molecular weight is 288 g/mol. The largest absolute Gasteiger partial charge is 0.494 e. The lowest BCUT2D eigenvalue weighted by atomic mass is 10.1. The summed E-state index contributed by atoms with van der Waals surface area (Å²) in [5.74, 6) is 0.389. The standard InChI is InChI=1S/C16H20N2O3/c1-3-21-15-7-5-13(6-8-15)11-14(12-17)16(19)18-9-4-10-20-2/h5-8,11H,3-4,9-10H2,1-2H3,(H,18,19)/b14-11+. The van der Waals surface area contributed by atoms with E-state index in [0.717, 1.165) is 11.3 Å². The highest BCUT2D eigenvalue weighted by Gasteiger charge is 2.08. The average Bonchev–Trinajstić information content (AvgIpc) is 2.51. The third kappa shape index (κ3) is 6.11. The molecule has 0 heterocycles. The molecule has 0 aliphatic heterocycles. The molecule has 0 fully saturated rings. The zero-order chi connectivity index (χ0) is 15.5. The van der Waals surface area contributed by atoms with Crippen molar-refractivity contribution in [3.63, 3.8) is 0 Å². The molecule has 1 aromatic carbocycles. The van der Waals surface area contributed by atoms with E-state index in [1.807, 2.05) is 13.0 Å². The van der Waals surface area contributed by atoms with Crippen LogP contribution >= 0.6 is 0 Å². The molecule has 1 amide bonds. The number of nitrogens with zero attached hydrogens (tertiary/aromatic N) is 1. The van der Waals surface area contributed by atoms with Crippen LogP contribution in [0.15, 0.2) is 29.8 Å². The van der Waals surface area contributed by atoms with Crippen LogP contribution in [0.2, 0.25) is 0 Å². The van der Waals surface area contributed by atoms with Gasteiger partial charge < -0.3 is 14.8 Å². The lowest BCUT2D eigenvalue weighted by molar-refractivity contribution is -0.117. The van der Waals surface area contributed by atoms with Gasteiger partial charge in [-0.05, 0) is 37.1 Å². The molecule has 0 saturated heterocycles. The maximum atomic E-state index is 11.8. The Morgan fingerprint density at radius 3 is 2.67 bits per heavy atom. The van der Waals surface area contributed by atoms with Crippen LogP contribution in [-0.2, 0) is 9.53 Å². The van der Waals surface area contributed by atoms with E-state index in [9.17, 15) is 4.79 Å². The molecule has 0 aliphatic carbocycles. The summed E-state index contributed by atoms with van der Waals surface area (Å²) in [6, 6.07) is 9.14. The monoisotopic (exact) mass is 288 g/mol. The van der Waals surface area contributed by atoms with Crippen molar-refractivity contribution in [2.75, 3.05) is 26.9 Å². The summed E-state index contributed by atoms with van der Waals surface area (Å²) in [7, 11) is 1.61. The summed E-state index contributed by atoms with van der Waals surface area (Å²) < 4.78 is 10.2. The zero-order valence-electron chi connectivity index (χ0n) is 12.4. The number of benzene rings is 1. The Bertz CT molecular complexity index is 515. The van der Waals surface area contributed by atoms with Gasteiger partial charge in [-0.3, -0.25) is 4.79 Å². The van der Waals surface area contributed by atoms with Gasteiger partial charge in [0.1, 0.15) is 17.4 Å². The SMILES string of the molecule is CCOc1ccc(/C=C(\C#N)C(=O)NCCCOC)cc1. The number of hydrogen-bond acceptors (Lipinski definition) is 4. The smallest absolute Gasteiger partial charge is 0.261 e. The van der Waals surface area contributed by atoms with Gasteiger partial charge >= 0.3 is 0 Å². The molecular weight excluding hydrogens is 268 g/mol. The lowest BCUT2D eigenvalue weighted by Crippen LogP contribution is -2.26. The molecule has 0 unspecified atom stereocenters. The number of hydrogen-bond donors (Lipinski definition) is 1. The minimum absolute atomic E-state index is 0.0802. The molecule has 21 heavy (non-hydrogen) atoms. The molecule has 1 rings (SSSR count). The highest BCUT2D eigenvalue weighted by molar-refractivity contribution is 6.01. The lowest BCUT2D eigenvalue weighted by Gasteiger charge is -2.04. The van der Waals surface area contributed by atoms with E-state index in [-0.39, 0.29) is 11.5 Å². The van der Waals surface area contributed by atoms with Gasteiger partial charge in [0.15, 0.2) is 0 Å². The molecule has 5 heteroatoms. The Hall–Kier alpha value is -2.32. The van der Waals surface area contributed by atoms with Crippen LogP contribution in [0.25, 0.3) is 6.08 Å². The predicted octanol–water partition coefficient (Wildman–Crippen LogP) is 2.14. The van der Waals surface area contributed by atoms with Crippen LogP contribution in [0, 0.1) is 11.3 Å². The summed E-state index contributed by atoms with van der Waals surface area (Å²) in [6.45, 7) is 3.57.